The second-order valence-electron chi connectivity index (χ2n) is 5.69. The van der Waals surface area contributed by atoms with Gasteiger partial charge in [-0.2, -0.15) is 0 Å². The molecule has 0 aliphatic carbocycles. The van der Waals surface area contributed by atoms with E-state index in [2.05, 4.69) is 10.3 Å². The highest BCUT2D eigenvalue weighted by molar-refractivity contribution is 8.00. The lowest BCUT2D eigenvalue weighted by molar-refractivity contribution is -0.120. The first-order valence-electron chi connectivity index (χ1n) is 8.22. The summed E-state index contributed by atoms with van der Waals surface area (Å²) in [5.74, 6) is -0.00615. The topological polar surface area (TPSA) is 42.0 Å². The van der Waals surface area contributed by atoms with Gasteiger partial charge in [0, 0.05) is 6.20 Å². The van der Waals surface area contributed by atoms with E-state index in [1.165, 1.54) is 11.8 Å². The summed E-state index contributed by atoms with van der Waals surface area (Å²) in [6, 6.07) is 25.6. The predicted molar refractivity (Wildman–Crippen MR) is 102 cm³/mol. The number of pyridine rings is 1. The van der Waals surface area contributed by atoms with Crippen molar-refractivity contribution in [1.82, 2.24) is 10.3 Å². The Hall–Kier alpha value is -2.59. The Labute approximate surface area is 152 Å². The quantitative estimate of drug-likeness (QED) is 0.668. The first-order valence-corrected chi connectivity index (χ1v) is 9.10. The van der Waals surface area contributed by atoms with Crippen LogP contribution in [0.25, 0.3) is 0 Å². The van der Waals surface area contributed by atoms with E-state index < -0.39 is 0 Å². The van der Waals surface area contributed by atoms with Gasteiger partial charge in [0.05, 0.1) is 16.3 Å². The Kier molecular flexibility index (Phi) is 5.86. The van der Waals surface area contributed by atoms with Gasteiger partial charge < -0.3 is 5.32 Å². The monoisotopic (exact) mass is 348 g/mol. The third kappa shape index (κ3) is 4.70. The highest BCUT2D eigenvalue weighted by Crippen LogP contribution is 2.25. The van der Waals surface area contributed by atoms with Crippen LogP contribution in [0.15, 0.2) is 90.1 Å². The van der Waals surface area contributed by atoms with E-state index in [1.54, 1.807) is 6.20 Å². The molecule has 1 N–H and O–H groups in total. The summed E-state index contributed by atoms with van der Waals surface area (Å²) in [4.78, 5) is 17.0. The summed E-state index contributed by atoms with van der Waals surface area (Å²) < 4.78 is 0. The van der Waals surface area contributed by atoms with Crippen molar-refractivity contribution >= 4 is 17.7 Å². The number of aromatic nitrogens is 1. The predicted octanol–water partition coefficient (Wildman–Crippen LogP) is 4.47. The lowest BCUT2D eigenvalue weighted by Crippen LogP contribution is -2.34. The second kappa shape index (κ2) is 8.49. The van der Waals surface area contributed by atoms with Gasteiger partial charge in [-0.05, 0) is 30.2 Å². The van der Waals surface area contributed by atoms with E-state index in [0.717, 1.165) is 16.2 Å². The molecule has 0 unspecified atom stereocenters. The van der Waals surface area contributed by atoms with Gasteiger partial charge in [-0.1, -0.05) is 78.5 Å². The van der Waals surface area contributed by atoms with Crippen LogP contribution in [0.1, 0.15) is 24.1 Å². The molecule has 2 aromatic carbocycles. The molecule has 1 amide bonds. The maximum absolute atomic E-state index is 12.7. The van der Waals surface area contributed by atoms with Gasteiger partial charge in [0.1, 0.15) is 0 Å². The fourth-order valence-electron chi connectivity index (χ4n) is 2.56. The fourth-order valence-corrected chi connectivity index (χ4v) is 3.38. The number of hydrogen-bond donors (Lipinski definition) is 1. The Bertz CT molecular complexity index is 754. The molecule has 0 spiro atoms. The van der Waals surface area contributed by atoms with E-state index in [9.17, 15) is 4.79 Å². The number of carbonyl (C=O) groups excluding carboxylic acids is 1. The van der Waals surface area contributed by atoms with Crippen molar-refractivity contribution in [1.29, 1.82) is 0 Å². The van der Waals surface area contributed by atoms with Crippen molar-refractivity contribution in [2.75, 3.05) is 0 Å². The van der Waals surface area contributed by atoms with Crippen LogP contribution in [0.5, 0.6) is 0 Å². The van der Waals surface area contributed by atoms with Crippen LogP contribution in [0.3, 0.4) is 0 Å². The summed E-state index contributed by atoms with van der Waals surface area (Å²) in [7, 11) is 0. The number of amides is 1. The summed E-state index contributed by atoms with van der Waals surface area (Å²) in [6.07, 6.45) is 1.74. The van der Waals surface area contributed by atoms with Gasteiger partial charge in [0.25, 0.3) is 0 Å². The number of thioether (sulfide) groups is 1. The van der Waals surface area contributed by atoms with Crippen LogP contribution in [0, 0.1) is 0 Å². The third-order valence-corrected chi connectivity index (χ3v) is 4.91. The van der Waals surface area contributed by atoms with Crippen LogP contribution in [-0.2, 0) is 4.79 Å². The number of hydrogen-bond acceptors (Lipinski definition) is 3. The molecule has 1 aromatic heterocycles. The van der Waals surface area contributed by atoms with E-state index in [-0.39, 0.29) is 17.2 Å². The average molecular weight is 348 g/mol. The van der Waals surface area contributed by atoms with E-state index >= 15 is 0 Å². The maximum Gasteiger partial charge on any atom is 0.234 e. The summed E-state index contributed by atoms with van der Waals surface area (Å²) in [5, 5.41) is 3.80. The zero-order chi connectivity index (χ0) is 17.5. The van der Waals surface area contributed by atoms with Crippen molar-refractivity contribution < 1.29 is 4.79 Å². The van der Waals surface area contributed by atoms with Crippen molar-refractivity contribution in [2.24, 2.45) is 0 Å². The van der Waals surface area contributed by atoms with Crippen molar-refractivity contribution in [3.8, 4) is 0 Å². The number of carbonyl (C=O) groups is 1. The Balaban J connectivity index is 1.77. The van der Waals surface area contributed by atoms with E-state index in [4.69, 9.17) is 0 Å². The molecule has 0 aliphatic heterocycles. The fraction of sp³-hybridized carbons (Fsp3) is 0.143. The molecule has 0 aliphatic rings. The highest BCUT2D eigenvalue weighted by Gasteiger charge is 2.21. The zero-order valence-electron chi connectivity index (χ0n) is 14.0. The molecule has 126 valence electrons. The molecule has 3 aromatic rings. The Morgan fingerprint density at radius 1 is 0.880 bits per heavy atom. The molecule has 0 bridgehead atoms. The first kappa shape index (κ1) is 17.2. The van der Waals surface area contributed by atoms with Gasteiger partial charge in [-0.15, -0.1) is 0 Å². The summed E-state index contributed by atoms with van der Waals surface area (Å²) in [5.41, 5.74) is 2.13. The van der Waals surface area contributed by atoms with Gasteiger partial charge in [-0.3, -0.25) is 4.79 Å². The standard InChI is InChI=1S/C21H20N2OS/c1-16(25-19-14-8-9-15-22-19)21(24)23-20(17-10-4-2-5-11-17)18-12-6-3-7-13-18/h2-16,20H,1H3,(H,23,24)/t16-/m1/s1. The lowest BCUT2D eigenvalue weighted by atomic mass is 9.98. The van der Waals surface area contributed by atoms with Gasteiger partial charge in [-0.25, -0.2) is 4.98 Å². The zero-order valence-corrected chi connectivity index (χ0v) is 14.8. The highest BCUT2D eigenvalue weighted by atomic mass is 32.2. The molecular weight excluding hydrogens is 328 g/mol. The smallest absolute Gasteiger partial charge is 0.234 e. The molecule has 4 heteroatoms. The minimum atomic E-state index is -0.232. The number of nitrogens with zero attached hydrogens (tertiary/aromatic N) is 1. The first-order chi connectivity index (χ1) is 12.2. The van der Waals surface area contributed by atoms with Crippen LogP contribution in [0.4, 0.5) is 0 Å². The molecule has 0 radical (unpaired) electrons. The SMILES string of the molecule is C[C@@H](Sc1ccccn1)C(=O)NC(c1ccccc1)c1ccccc1. The summed E-state index contributed by atoms with van der Waals surface area (Å²) >= 11 is 1.46. The van der Waals surface area contributed by atoms with Crippen molar-refractivity contribution in [3.63, 3.8) is 0 Å². The lowest BCUT2D eigenvalue weighted by Gasteiger charge is -2.22. The molecule has 1 heterocycles. The minimum Gasteiger partial charge on any atom is -0.344 e. The second-order valence-corrected chi connectivity index (χ2v) is 7.05. The van der Waals surface area contributed by atoms with Gasteiger partial charge in [0.15, 0.2) is 0 Å². The van der Waals surface area contributed by atoms with E-state index in [0.29, 0.717) is 0 Å². The van der Waals surface area contributed by atoms with E-state index in [1.807, 2.05) is 85.8 Å². The number of nitrogens with one attached hydrogen (secondary N) is 1. The van der Waals surface area contributed by atoms with Crippen LogP contribution in [-0.4, -0.2) is 16.1 Å². The normalized spacial score (nSPS) is 11.9. The van der Waals surface area contributed by atoms with Crippen molar-refractivity contribution in [2.45, 2.75) is 23.2 Å². The molecule has 0 fully saturated rings. The number of rotatable bonds is 6. The molecule has 0 saturated heterocycles. The largest absolute Gasteiger partial charge is 0.344 e. The molecular formula is C21H20N2OS. The van der Waals surface area contributed by atoms with Gasteiger partial charge >= 0.3 is 0 Å². The van der Waals surface area contributed by atoms with Crippen LogP contribution >= 0.6 is 11.8 Å². The maximum atomic E-state index is 12.7. The molecule has 3 rings (SSSR count). The van der Waals surface area contributed by atoms with Crippen LogP contribution < -0.4 is 5.32 Å². The Morgan fingerprint density at radius 3 is 1.96 bits per heavy atom. The molecule has 25 heavy (non-hydrogen) atoms. The van der Waals surface area contributed by atoms with Crippen molar-refractivity contribution in [3.05, 3.63) is 96.2 Å². The third-order valence-electron chi connectivity index (χ3n) is 3.86. The Morgan fingerprint density at radius 2 is 1.44 bits per heavy atom. The molecule has 3 nitrogen and oxygen atoms in total. The number of benzene rings is 2. The van der Waals surface area contributed by atoms with Crippen LogP contribution in [0.2, 0.25) is 0 Å². The molecule has 1 atom stereocenters. The summed E-state index contributed by atoms with van der Waals surface area (Å²) in [6.45, 7) is 1.90. The average Bonchev–Trinajstić information content (AvgIpc) is 2.68. The van der Waals surface area contributed by atoms with Gasteiger partial charge in [0.2, 0.25) is 5.91 Å². The molecule has 0 saturated carbocycles. The minimum absolute atomic E-state index is 0.00615.